The van der Waals surface area contributed by atoms with Gasteiger partial charge in [-0.2, -0.15) is 13.2 Å². The quantitative estimate of drug-likeness (QED) is 0.565. The first-order valence-corrected chi connectivity index (χ1v) is 8.46. The van der Waals surface area contributed by atoms with Gasteiger partial charge >= 0.3 is 12.1 Å². The highest BCUT2D eigenvalue weighted by molar-refractivity contribution is 6.02. The molecule has 0 aliphatic carbocycles. The number of rotatable bonds is 3. The van der Waals surface area contributed by atoms with Crippen molar-refractivity contribution in [1.82, 2.24) is 19.3 Å². The number of aliphatic carboxylic acids is 1. The summed E-state index contributed by atoms with van der Waals surface area (Å²) < 4.78 is 34.9. The van der Waals surface area contributed by atoms with Crippen LogP contribution in [0.5, 0.6) is 0 Å². The van der Waals surface area contributed by atoms with Crippen LogP contribution in [0, 0.1) is 6.92 Å². The highest BCUT2D eigenvalue weighted by atomic mass is 19.4. The maximum absolute atomic E-state index is 12.7. The maximum Gasteiger partial charge on any atom is 0.490 e. The predicted octanol–water partition coefficient (Wildman–Crippen LogP) is 1.74. The number of para-hydroxylation sites is 1. The van der Waals surface area contributed by atoms with E-state index in [-0.39, 0.29) is 22.8 Å². The Bertz CT molecular complexity index is 1140. The summed E-state index contributed by atoms with van der Waals surface area (Å²) in [5.41, 5.74) is 6.75. The van der Waals surface area contributed by atoms with Crippen LogP contribution in [0.3, 0.4) is 0 Å². The Morgan fingerprint density at radius 3 is 2.19 bits per heavy atom. The van der Waals surface area contributed by atoms with Crippen molar-refractivity contribution in [2.45, 2.75) is 13.1 Å². The molecule has 3 aromatic rings. The number of amides is 1. The predicted molar refractivity (Wildman–Crippen MR) is 104 cm³/mol. The van der Waals surface area contributed by atoms with E-state index in [1.807, 2.05) is 30.3 Å². The summed E-state index contributed by atoms with van der Waals surface area (Å²) in [5.74, 6) is -3.06. The highest BCUT2D eigenvalue weighted by Gasteiger charge is 2.38. The van der Waals surface area contributed by atoms with Gasteiger partial charge in [0.25, 0.3) is 11.5 Å². The minimum absolute atomic E-state index is 0.0816. The van der Waals surface area contributed by atoms with Crippen molar-refractivity contribution in [3.8, 4) is 5.69 Å². The smallest absolute Gasteiger partial charge is 0.475 e. The van der Waals surface area contributed by atoms with E-state index in [2.05, 4.69) is 15.3 Å². The van der Waals surface area contributed by atoms with E-state index in [1.54, 1.807) is 18.7 Å². The Morgan fingerprint density at radius 2 is 1.71 bits per heavy atom. The van der Waals surface area contributed by atoms with Gasteiger partial charge in [0.05, 0.1) is 23.8 Å². The molecule has 1 amide bonds. The first kappa shape index (κ1) is 23.1. The van der Waals surface area contributed by atoms with Crippen molar-refractivity contribution in [3.05, 3.63) is 64.5 Å². The molecule has 1 aromatic carbocycles. The molecular weight excluding hydrogens is 421 g/mol. The zero-order valence-electron chi connectivity index (χ0n) is 16.2. The summed E-state index contributed by atoms with van der Waals surface area (Å²) in [4.78, 5) is 41.6. The summed E-state index contributed by atoms with van der Waals surface area (Å²) in [6.07, 6.45) is -2.53. The first-order valence-electron chi connectivity index (χ1n) is 8.46. The van der Waals surface area contributed by atoms with Gasteiger partial charge in [0, 0.05) is 7.05 Å². The summed E-state index contributed by atoms with van der Waals surface area (Å²) in [6, 6.07) is 9.18. The zero-order chi connectivity index (χ0) is 23.3. The van der Waals surface area contributed by atoms with Crippen molar-refractivity contribution in [2.75, 3.05) is 11.1 Å². The van der Waals surface area contributed by atoms with Gasteiger partial charge in [0.2, 0.25) is 0 Å². The van der Waals surface area contributed by atoms with Gasteiger partial charge in [-0.25, -0.2) is 19.4 Å². The number of alkyl halides is 3. The van der Waals surface area contributed by atoms with E-state index in [9.17, 15) is 22.8 Å². The molecule has 0 aliphatic rings. The van der Waals surface area contributed by atoms with Gasteiger partial charge in [-0.1, -0.05) is 18.2 Å². The molecule has 0 unspecified atom stereocenters. The lowest BCUT2D eigenvalue weighted by Crippen LogP contribution is -2.23. The molecule has 0 aliphatic heterocycles. The maximum atomic E-state index is 12.7. The van der Waals surface area contributed by atoms with Gasteiger partial charge in [-0.05, 0) is 19.1 Å². The molecule has 2 aromatic heterocycles. The van der Waals surface area contributed by atoms with E-state index in [0.717, 1.165) is 0 Å². The zero-order valence-corrected chi connectivity index (χ0v) is 16.2. The third kappa shape index (κ3) is 5.46. The third-order valence-electron chi connectivity index (χ3n) is 3.94. The van der Waals surface area contributed by atoms with Gasteiger partial charge in [-0.15, -0.1) is 0 Å². The summed E-state index contributed by atoms with van der Waals surface area (Å²) in [6.45, 7) is 1.76. The number of hydrogen-bond acceptors (Lipinski definition) is 6. The highest BCUT2D eigenvalue weighted by Crippen LogP contribution is 2.15. The molecule has 13 heteroatoms. The Morgan fingerprint density at radius 1 is 1.13 bits per heavy atom. The van der Waals surface area contributed by atoms with E-state index < -0.39 is 18.1 Å². The second-order valence-corrected chi connectivity index (χ2v) is 6.02. The van der Waals surface area contributed by atoms with E-state index in [4.69, 9.17) is 15.6 Å². The lowest BCUT2D eigenvalue weighted by Gasteiger charge is -2.07. The van der Waals surface area contributed by atoms with Crippen molar-refractivity contribution in [1.29, 1.82) is 0 Å². The molecule has 0 bridgehead atoms. The molecule has 2 heterocycles. The Kier molecular flexibility index (Phi) is 6.79. The van der Waals surface area contributed by atoms with Crippen molar-refractivity contribution in [3.63, 3.8) is 0 Å². The molecule has 31 heavy (non-hydrogen) atoms. The molecule has 0 fully saturated rings. The number of nitrogens with zero attached hydrogens (tertiary/aromatic N) is 4. The lowest BCUT2D eigenvalue weighted by atomic mass is 10.3. The monoisotopic (exact) mass is 438 g/mol. The second kappa shape index (κ2) is 9.11. The fourth-order valence-electron chi connectivity index (χ4n) is 2.35. The van der Waals surface area contributed by atoms with E-state index in [1.165, 1.54) is 17.1 Å². The number of aromatic nitrogens is 4. The van der Waals surface area contributed by atoms with Crippen molar-refractivity contribution >= 4 is 23.4 Å². The number of carbonyl (C=O) groups excluding carboxylic acids is 1. The normalized spacial score (nSPS) is 10.7. The number of anilines is 2. The number of hydrogen-bond donors (Lipinski definition) is 3. The number of benzene rings is 1. The number of halogens is 3. The van der Waals surface area contributed by atoms with Crippen LogP contribution in [0.2, 0.25) is 0 Å². The van der Waals surface area contributed by atoms with Crippen LogP contribution in [0.15, 0.2) is 47.5 Å². The standard InChI is InChI=1S/C16H16N6O2.C2HF3O2/c1-10-14(20-15(23)12-8-19-13(17)9-18-12)16(24)22(21(10)2)11-6-4-3-5-7-11;3-2(4,5)1(6)7/h3-9H,1-2H3,(H2,17,19)(H,20,23);(H,6,7). The minimum atomic E-state index is -5.08. The summed E-state index contributed by atoms with van der Waals surface area (Å²) in [7, 11) is 1.75. The third-order valence-corrected chi connectivity index (χ3v) is 3.94. The number of carboxylic acid groups (broad SMARTS) is 1. The van der Waals surface area contributed by atoms with Gasteiger partial charge in [0.1, 0.15) is 17.2 Å². The Balaban J connectivity index is 0.000000423. The fraction of sp³-hybridized carbons (Fsp3) is 0.167. The number of nitrogens with one attached hydrogen (secondary N) is 1. The van der Waals surface area contributed by atoms with E-state index in [0.29, 0.717) is 11.4 Å². The van der Waals surface area contributed by atoms with Crippen LogP contribution in [-0.4, -0.2) is 42.5 Å². The number of nitrogens with two attached hydrogens (primary N) is 1. The largest absolute Gasteiger partial charge is 0.490 e. The van der Waals surface area contributed by atoms with Crippen LogP contribution in [0.4, 0.5) is 24.7 Å². The second-order valence-electron chi connectivity index (χ2n) is 6.02. The van der Waals surface area contributed by atoms with Crippen LogP contribution in [-0.2, 0) is 11.8 Å². The Labute approximate surface area is 172 Å². The topological polar surface area (TPSA) is 145 Å². The van der Waals surface area contributed by atoms with E-state index >= 15 is 0 Å². The number of nitrogen functional groups attached to an aromatic ring is 1. The molecule has 0 spiro atoms. The van der Waals surface area contributed by atoms with Gasteiger partial charge in [-0.3, -0.25) is 14.3 Å². The molecule has 10 nitrogen and oxygen atoms in total. The van der Waals surface area contributed by atoms with Gasteiger partial charge < -0.3 is 16.2 Å². The van der Waals surface area contributed by atoms with Crippen LogP contribution < -0.4 is 16.6 Å². The molecule has 0 saturated carbocycles. The van der Waals surface area contributed by atoms with Crippen LogP contribution >= 0.6 is 0 Å². The lowest BCUT2D eigenvalue weighted by molar-refractivity contribution is -0.192. The molecule has 0 atom stereocenters. The molecule has 3 rings (SSSR count). The molecule has 164 valence electrons. The molecule has 4 N–H and O–H groups in total. The molecule has 0 saturated heterocycles. The van der Waals surface area contributed by atoms with Crippen LogP contribution in [0.1, 0.15) is 16.2 Å². The average Bonchev–Trinajstić information content (AvgIpc) is 2.92. The number of carboxylic acids is 1. The first-order chi connectivity index (χ1) is 14.4. The van der Waals surface area contributed by atoms with Gasteiger partial charge in [0.15, 0.2) is 0 Å². The fourth-order valence-corrected chi connectivity index (χ4v) is 2.35. The summed E-state index contributed by atoms with van der Waals surface area (Å²) in [5, 5.41) is 9.73. The average molecular weight is 438 g/mol. The Hall–Kier alpha value is -4.16. The van der Waals surface area contributed by atoms with Crippen molar-refractivity contribution < 1.29 is 27.9 Å². The van der Waals surface area contributed by atoms with Crippen molar-refractivity contribution in [2.24, 2.45) is 7.05 Å². The summed E-state index contributed by atoms with van der Waals surface area (Å²) >= 11 is 0. The number of carbonyl (C=O) groups is 2. The molecule has 0 radical (unpaired) electrons. The molecular formula is C18H17F3N6O4. The SMILES string of the molecule is Cc1c(NC(=O)c2cnc(N)cn2)c(=O)n(-c2ccccc2)n1C.O=C(O)C(F)(F)F. The van der Waals surface area contributed by atoms with Crippen LogP contribution in [0.25, 0.3) is 5.69 Å². The minimum Gasteiger partial charge on any atom is -0.475 e.